The van der Waals surface area contributed by atoms with Crippen LogP contribution in [0.15, 0.2) is 46.5 Å². The molecule has 3 heterocycles. The number of pyridine rings is 1. The van der Waals surface area contributed by atoms with Gasteiger partial charge in [-0.15, -0.1) is 0 Å². The predicted molar refractivity (Wildman–Crippen MR) is 123 cm³/mol. The molecule has 4 rings (SSSR count). The number of benzene rings is 1. The number of rotatable bonds is 8. The van der Waals surface area contributed by atoms with Crippen molar-refractivity contribution in [3.63, 3.8) is 0 Å². The number of aryl methyl sites for hydroxylation is 2. The number of nitrogens with zero attached hydrogens (tertiary/aromatic N) is 3. The summed E-state index contributed by atoms with van der Waals surface area (Å²) in [6, 6.07) is 8.93. The number of thioether (sulfide) groups is 1. The number of methoxy groups -OCH3 is 1. The largest absolute Gasteiger partial charge is 0.491 e. The highest BCUT2D eigenvalue weighted by Gasteiger charge is 2.15. The molecule has 2 aromatic heterocycles. The fraction of sp³-hybridized carbons (Fsp3) is 0.304. The zero-order chi connectivity index (χ0) is 23.4. The Balaban J connectivity index is 1.45. The van der Waals surface area contributed by atoms with Gasteiger partial charge >= 0.3 is 0 Å². The average Bonchev–Trinajstić information content (AvgIpc) is 3.25. The van der Waals surface area contributed by atoms with Crippen molar-refractivity contribution in [2.75, 3.05) is 13.9 Å². The summed E-state index contributed by atoms with van der Waals surface area (Å²) < 4.78 is 17.6. The molecule has 0 spiro atoms. The third-order valence-corrected chi connectivity index (χ3v) is 5.83. The number of carbonyl (C=O) groups excluding carboxylic acids is 1. The van der Waals surface area contributed by atoms with Crippen LogP contribution in [-0.4, -0.2) is 34.3 Å². The molecule has 0 saturated carbocycles. The first-order chi connectivity index (χ1) is 15.9. The van der Waals surface area contributed by atoms with Crippen molar-refractivity contribution in [3.8, 4) is 17.2 Å². The van der Waals surface area contributed by atoms with E-state index in [1.807, 2.05) is 38.1 Å². The Morgan fingerprint density at radius 2 is 1.91 bits per heavy atom. The summed E-state index contributed by atoms with van der Waals surface area (Å²) in [4.78, 5) is 33.9. The number of fused-ring (bicyclic) bond motifs is 1. The minimum absolute atomic E-state index is 0.0325. The summed E-state index contributed by atoms with van der Waals surface area (Å²) >= 11 is 1.41. The smallest absolute Gasteiger partial charge is 0.240 e. The molecule has 1 aliphatic rings. The maximum absolute atomic E-state index is 12.7. The summed E-state index contributed by atoms with van der Waals surface area (Å²) in [5, 5.41) is 3.52. The van der Waals surface area contributed by atoms with Crippen LogP contribution < -0.4 is 25.0 Å². The number of aromatic nitrogens is 3. The van der Waals surface area contributed by atoms with Crippen LogP contribution >= 0.6 is 11.8 Å². The van der Waals surface area contributed by atoms with Crippen LogP contribution in [0.2, 0.25) is 0 Å². The second-order valence-corrected chi connectivity index (χ2v) is 8.45. The number of carbonyl (C=O) groups is 1. The molecule has 172 valence electrons. The van der Waals surface area contributed by atoms with E-state index in [-0.39, 0.29) is 30.4 Å². The molecule has 1 aliphatic heterocycles. The first-order valence-corrected chi connectivity index (χ1v) is 11.3. The lowest BCUT2D eigenvalue weighted by Gasteiger charge is -2.15. The van der Waals surface area contributed by atoms with Crippen LogP contribution in [-0.2, 0) is 23.6 Å². The second-order valence-electron chi connectivity index (χ2n) is 7.51. The van der Waals surface area contributed by atoms with Gasteiger partial charge < -0.3 is 24.1 Å². The van der Waals surface area contributed by atoms with E-state index >= 15 is 0 Å². The number of hydrogen-bond donors (Lipinski definition) is 1. The summed E-state index contributed by atoms with van der Waals surface area (Å²) in [7, 11) is 1.43. The van der Waals surface area contributed by atoms with Crippen molar-refractivity contribution < 1.29 is 19.0 Å². The van der Waals surface area contributed by atoms with Gasteiger partial charge in [0.2, 0.25) is 18.1 Å². The van der Waals surface area contributed by atoms with Crippen LogP contribution in [0, 0.1) is 13.8 Å². The highest BCUT2D eigenvalue weighted by molar-refractivity contribution is 7.98. The lowest BCUT2D eigenvalue weighted by Crippen LogP contribution is -2.28. The van der Waals surface area contributed by atoms with Gasteiger partial charge in [0, 0.05) is 35.4 Å². The van der Waals surface area contributed by atoms with Crippen molar-refractivity contribution in [1.82, 2.24) is 19.9 Å². The second kappa shape index (κ2) is 9.95. The van der Waals surface area contributed by atoms with Gasteiger partial charge in [-0.05, 0) is 37.6 Å². The van der Waals surface area contributed by atoms with Crippen LogP contribution in [0.1, 0.15) is 22.6 Å². The summed E-state index contributed by atoms with van der Waals surface area (Å²) in [6.45, 7) is 4.39. The molecule has 3 aromatic rings. The van der Waals surface area contributed by atoms with Crippen LogP contribution in [0.3, 0.4) is 0 Å². The average molecular weight is 469 g/mol. The molecule has 33 heavy (non-hydrogen) atoms. The third kappa shape index (κ3) is 5.64. The zero-order valence-electron chi connectivity index (χ0n) is 18.6. The number of ether oxygens (including phenoxy) is 3. The molecule has 0 fully saturated rings. The Kier molecular flexibility index (Phi) is 6.83. The van der Waals surface area contributed by atoms with Crippen LogP contribution in [0.5, 0.6) is 17.2 Å². The molecule has 1 aromatic carbocycles. The van der Waals surface area contributed by atoms with Gasteiger partial charge in [0.05, 0.1) is 13.3 Å². The Morgan fingerprint density at radius 3 is 2.67 bits per heavy atom. The van der Waals surface area contributed by atoms with Crippen molar-refractivity contribution in [2.45, 2.75) is 37.8 Å². The molecule has 0 atom stereocenters. The van der Waals surface area contributed by atoms with Crippen molar-refractivity contribution >= 4 is 17.7 Å². The van der Waals surface area contributed by atoms with Gasteiger partial charge in [-0.3, -0.25) is 9.59 Å². The van der Waals surface area contributed by atoms with Gasteiger partial charge in [-0.25, -0.2) is 9.97 Å². The highest BCUT2D eigenvalue weighted by atomic mass is 32.2. The fourth-order valence-electron chi connectivity index (χ4n) is 3.38. The van der Waals surface area contributed by atoms with E-state index in [0.29, 0.717) is 34.6 Å². The van der Waals surface area contributed by atoms with Gasteiger partial charge in [-0.2, -0.15) is 0 Å². The monoisotopic (exact) mass is 468 g/mol. The number of nitrogens with one attached hydrogen (secondary N) is 1. The topological polar surface area (TPSA) is 105 Å². The van der Waals surface area contributed by atoms with E-state index in [0.717, 1.165) is 17.0 Å². The zero-order valence-corrected chi connectivity index (χ0v) is 19.4. The molecule has 0 radical (unpaired) electrons. The van der Waals surface area contributed by atoms with E-state index in [1.165, 1.54) is 24.9 Å². The molecule has 0 saturated heterocycles. The quantitative estimate of drug-likeness (QED) is 0.397. The van der Waals surface area contributed by atoms with Crippen LogP contribution in [0.4, 0.5) is 0 Å². The summed E-state index contributed by atoms with van der Waals surface area (Å²) in [5.41, 5.74) is 3.08. The Morgan fingerprint density at radius 1 is 1.15 bits per heavy atom. The first-order valence-electron chi connectivity index (χ1n) is 10.3. The highest BCUT2D eigenvalue weighted by Crippen LogP contribution is 2.32. The molecule has 0 unspecified atom stereocenters. The van der Waals surface area contributed by atoms with Crippen molar-refractivity contribution in [3.05, 3.63) is 69.4 Å². The minimum atomic E-state index is -0.244. The molecular weight excluding hydrogens is 444 g/mol. The lowest BCUT2D eigenvalue weighted by atomic mass is 10.2. The molecule has 0 aliphatic carbocycles. The van der Waals surface area contributed by atoms with E-state index in [2.05, 4.69) is 15.3 Å². The standard InChI is InChI=1S/C23H24N4O5S/c1-14-6-15(2)26-23(25-14)33-12-17-8-18(28)21(30-3)10-27(17)11-22(29)24-9-16-4-5-19-20(7-16)32-13-31-19/h4-8,10H,9,11-13H2,1-3H3,(H,24,29). The normalized spacial score (nSPS) is 12.0. The number of hydrogen-bond acceptors (Lipinski definition) is 8. The molecule has 1 amide bonds. The maximum Gasteiger partial charge on any atom is 0.240 e. The minimum Gasteiger partial charge on any atom is -0.491 e. The van der Waals surface area contributed by atoms with E-state index < -0.39 is 0 Å². The molecule has 1 N–H and O–H groups in total. The Hall–Kier alpha value is -3.53. The Bertz CT molecular complexity index is 1220. The van der Waals surface area contributed by atoms with Crippen molar-refractivity contribution in [2.24, 2.45) is 0 Å². The summed E-state index contributed by atoms with van der Waals surface area (Å²) in [5.74, 6) is 1.76. The van der Waals surface area contributed by atoms with Gasteiger partial charge in [-0.1, -0.05) is 17.8 Å². The molecule has 10 heteroatoms. The maximum atomic E-state index is 12.7. The van der Waals surface area contributed by atoms with E-state index in [9.17, 15) is 9.59 Å². The Labute approximate surface area is 195 Å². The van der Waals surface area contributed by atoms with Gasteiger partial charge in [0.15, 0.2) is 22.4 Å². The molecule has 0 bridgehead atoms. The van der Waals surface area contributed by atoms with Crippen molar-refractivity contribution in [1.29, 1.82) is 0 Å². The molecular formula is C23H24N4O5S. The summed E-state index contributed by atoms with van der Waals surface area (Å²) in [6.07, 6.45) is 1.56. The van der Waals surface area contributed by atoms with Gasteiger partial charge in [0.1, 0.15) is 6.54 Å². The predicted octanol–water partition coefficient (Wildman–Crippen LogP) is 2.60. The SMILES string of the molecule is COc1cn(CC(=O)NCc2ccc3c(c2)OCO3)c(CSc2nc(C)cc(C)n2)cc1=O. The first kappa shape index (κ1) is 22.7. The van der Waals surface area contributed by atoms with Crippen LogP contribution in [0.25, 0.3) is 0 Å². The van der Waals surface area contributed by atoms with E-state index in [4.69, 9.17) is 14.2 Å². The third-order valence-electron chi connectivity index (χ3n) is 4.95. The molecule has 9 nitrogen and oxygen atoms in total. The lowest BCUT2D eigenvalue weighted by molar-refractivity contribution is -0.121. The van der Waals surface area contributed by atoms with Gasteiger partial charge in [0.25, 0.3) is 0 Å². The fourth-order valence-corrected chi connectivity index (χ4v) is 4.32. The number of amides is 1. The van der Waals surface area contributed by atoms with E-state index in [1.54, 1.807) is 10.8 Å².